The second-order valence-corrected chi connectivity index (χ2v) is 9.71. The van der Waals surface area contributed by atoms with E-state index in [1.54, 1.807) is 6.07 Å². The van der Waals surface area contributed by atoms with Crippen molar-refractivity contribution in [2.75, 3.05) is 44.2 Å². The van der Waals surface area contributed by atoms with Crippen LogP contribution in [0.1, 0.15) is 50.5 Å². The van der Waals surface area contributed by atoms with Crippen LogP contribution in [0.2, 0.25) is 0 Å². The highest BCUT2D eigenvalue weighted by Crippen LogP contribution is 2.32. The van der Waals surface area contributed by atoms with Crippen LogP contribution >= 0.6 is 0 Å². The van der Waals surface area contributed by atoms with Crippen LogP contribution in [-0.2, 0) is 6.54 Å². The van der Waals surface area contributed by atoms with Crippen LogP contribution in [-0.4, -0.2) is 70.7 Å². The first-order valence-electron chi connectivity index (χ1n) is 12.4. The Kier molecular flexibility index (Phi) is 6.43. The predicted octanol–water partition coefficient (Wildman–Crippen LogP) is 3.72. The summed E-state index contributed by atoms with van der Waals surface area (Å²) >= 11 is 0. The van der Waals surface area contributed by atoms with Crippen molar-refractivity contribution in [3.8, 4) is 0 Å². The number of fused-ring (bicyclic) bond motifs is 1. The molecule has 2 aliphatic heterocycles. The maximum atomic E-state index is 13.4. The van der Waals surface area contributed by atoms with Gasteiger partial charge in [-0.05, 0) is 43.5 Å². The molecule has 35 heavy (non-hydrogen) atoms. The zero-order valence-electron chi connectivity index (χ0n) is 20.8. The summed E-state index contributed by atoms with van der Waals surface area (Å²) in [7, 11) is 0. The van der Waals surface area contributed by atoms with Crippen molar-refractivity contribution in [2.24, 2.45) is 0 Å². The minimum atomic E-state index is -0.205. The first kappa shape index (κ1) is 23.3. The fourth-order valence-corrected chi connectivity index (χ4v) is 5.32. The number of carbonyl (C=O) groups is 2. The normalized spacial score (nSPS) is 17.2. The third-order valence-electron chi connectivity index (χ3n) is 7.23. The number of aryl methyl sites for hydroxylation is 2. The van der Waals surface area contributed by atoms with Gasteiger partial charge in [-0.15, -0.1) is 0 Å². The van der Waals surface area contributed by atoms with E-state index >= 15 is 0 Å². The molecule has 0 aliphatic carbocycles. The Bertz CT molecular complexity index is 1230. The number of hydrogen-bond acceptors (Lipinski definition) is 5. The van der Waals surface area contributed by atoms with Gasteiger partial charge in [-0.2, -0.15) is 5.10 Å². The Balaban J connectivity index is 1.25. The molecule has 7 nitrogen and oxygen atoms in total. The fraction of sp³-hybridized carbons (Fsp3) is 0.393. The van der Waals surface area contributed by atoms with Crippen molar-refractivity contribution < 1.29 is 9.59 Å². The number of hydrogen-bond donors (Lipinski definition) is 0. The number of nitrogens with zero attached hydrogens (tertiary/aromatic N) is 5. The van der Waals surface area contributed by atoms with Crippen molar-refractivity contribution in [1.29, 1.82) is 0 Å². The van der Waals surface area contributed by atoms with Crippen LogP contribution in [0.4, 0.5) is 5.69 Å². The van der Waals surface area contributed by atoms with E-state index < -0.39 is 0 Å². The van der Waals surface area contributed by atoms with E-state index in [-0.39, 0.29) is 11.8 Å². The monoisotopic (exact) mass is 471 g/mol. The summed E-state index contributed by atoms with van der Waals surface area (Å²) in [6.07, 6.45) is 0. The number of rotatable bonds is 7. The standard InChI is InChI=1S/C28H33N5O2/c1-20(23-8-5-4-6-9-23)19-30-12-14-31(15-13-30)25-11-7-10-24-26(25)28(35)32(27(24)34)16-17-33-22(3)18-21(2)29-33/h4-11,18,20H,12-17,19H2,1-3H3. The van der Waals surface area contributed by atoms with Gasteiger partial charge in [-0.25, -0.2) is 0 Å². The third-order valence-corrected chi connectivity index (χ3v) is 7.23. The fourth-order valence-electron chi connectivity index (χ4n) is 5.32. The molecule has 0 saturated carbocycles. The van der Waals surface area contributed by atoms with Crippen LogP contribution in [0.3, 0.4) is 0 Å². The van der Waals surface area contributed by atoms with Crippen molar-refractivity contribution >= 4 is 17.5 Å². The highest BCUT2D eigenvalue weighted by atomic mass is 16.2. The first-order chi connectivity index (χ1) is 16.9. The van der Waals surface area contributed by atoms with E-state index in [1.165, 1.54) is 10.5 Å². The Hall–Kier alpha value is -3.45. The molecule has 0 N–H and O–H groups in total. The average molecular weight is 472 g/mol. The molecule has 2 aliphatic rings. The Morgan fingerprint density at radius 3 is 2.31 bits per heavy atom. The number of piperazine rings is 1. The van der Waals surface area contributed by atoms with Crippen LogP contribution < -0.4 is 4.90 Å². The number of anilines is 1. The largest absolute Gasteiger partial charge is 0.368 e. The van der Waals surface area contributed by atoms with Gasteiger partial charge in [0, 0.05) is 45.0 Å². The molecule has 1 aromatic heterocycles. The lowest BCUT2D eigenvalue weighted by Crippen LogP contribution is -2.47. The van der Waals surface area contributed by atoms with Crippen LogP contribution in [0.15, 0.2) is 54.6 Å². The number of benzene rings is 2. The van der Waals surface area contributed by atoms with E-state index in [0.29, 0.717) is 30.1 Å². The summed E-state index contributed by atoms with van der Waals surface area (Å²) in [4.78, 5) is 32.6. The molecule has 7 heteroatoms. The zero-order chi connectivity index (χ0) is 24.5. The van der Waals surface area contributed by atoms with Gasteiger partial charge in [0.15, 0.2) is 0 Å². The molecule has 1 unspecified atom stereocenters. The molecule has 3 aromatic rings. The molecule has 2 aromatic carbocycles. The van der Waals surface area contributed by atoms with Gasteiger partial charge >= 0.3 is 0 Å². The molecule has 1 saturated heterocycles. The Labute approximate surface area is 206 Å². The first-order valence-corrected chi connectivity index (χ1v) is 12.4. The quantitative estimate of drug-likeness (QED) is 0.492. The number of carbonyl (C=O) groups excluding carboxylic acids is 2. The molecule has 2 amide bonds. The molecule has 0 bridgehead atoms. The van der Waals surface area contributed by atoms with Crippen molar-refractivity contribution in [1.82, 2.24) is 19.6 Å². The van der Waals surface area contributed by atoms with Gasteiger partial charge in [0.05, 0.1) is 29.1 Å². The Morgan fingerprint density at radius 1 is 0.886 bits per heavy atom. The number of aromatic nitrogens is 2. The maximum Gasteiger partial charge on any atom is 0.263 e. The summed E-state index contributed by atoms with van der Waals surface area (Å²) in [5, 5.41) is 4.46. The van der Waals surface area contributed by atoms with Gasteiger partial charge in [0.1, 0.15) is 0 Å². The lowest BCUT2D eigenvalue weighted by atomic mass is 10.0. The summed E-state index contributed by atoms with van der Waals surface area (Å²) in [6.45, 7) is 11.6. The van der Waals surface area contributed by atoms with Gasteiger partial charge in [-0.1, -0.05) is 43.3 Å². The molecular formula is C28H33N5O2. The zero-order valence-corrected chi connectivity index (χ0v) is 20.8. The molecular weight excluding hydrogens is 438 g/mol. The number of imide groups is 1. The van der Waals surface area contributed by atoms with E-state index in [1.807, 2.05) is 36.7 Å². The summed E-state index contributed by atoms with van der Waals surface area (Å²) < 4.78 is 1.86. The molecule has 3 heterocycles. The maximum absolute atomic E-state index is 13.4. The summed E-state index contributed by atoms with van der Waals surface area (Å²) in [6, 6.07) is 18.3. The summed E-state index contributed by atoms with van der Waals surface area (Å²) in [5.41, 5.74) is 5.27. The van der Waals surface area contributed by atoms with Crippen molar-refractivity contribution in [3.63, 3.8) is 0 Å². The van der Waals surface area contributed by atoms with E-state index in [4.69, 9.17) is 0 Å². The van der Waals surface area contributed by atoms with Gasteiger partial charge < -0.3 is 4.90 Å². The Morgan fingerprint density at radius 2 is 1.63 bits per heavy atom. The van der Waals surface area contributed by atoms with E-state index in [2.05, 4.69) is 52.2 Å². The van der Waals surface area contributed by atoms with Crippen LogP contribution in [0.5, 0.6) is 0 Å². The minimum absolute atomic E-state index is 0.192. The average Bonchev–Trinajstić information content (AvgIpc) is 3.32. The molecule has 5 rings (SSSR count). The minimum Gasteiger partial charge on any atom is -0.368 e. The second-order valence-electron chi connectivity index (χ2n) is 9.71. The second kappa shape index (κ2) is 9.66. The predicted molar refractivity (Wildman–Crippen MR) is 137 cm³/mol. The SMILES string of the molecule is Cc1cc(C)n(CCN2C(=O)c3cccc(N4CCN(CC(C)c5ccccc5)CC4)c3C2=O)n1. The topological polar surface area (TPSA) is 61.7 Å². The van der Waals surface area contributed by atoms with Crippen molar-refractivity contribution in [3.05, 3.63) is 82.7 Å². The van der Waals surface area contributed by atoms with Gasteiger partial charge in [0.25, 0.3) is 11.8 Å². The molecule has 0 radical (unpaired) electrons. The third kappa shape index (κ3) is 4.60. The van der Waals surface area contributed by atoms with Gasteiger partial charge in [0.2, 0.25) is 0 Å². The highest BCUT2D eigenvalue weighted by Gasteiger charge is 2.38. The molecule has 1 atom stereocenters. The van der Waals surface area contributed by atoms with E-state index in [0.717, 1.165) is 49.8 Å². The molecule has 182 valence electrons. The molecule has 1 fully saturated rings. The number of amides is 2. The van der Waals surface area contributed by atoms with E-state index in [9.17, 15) is 9.59 Å². The molecule has 0 spiro atoms. The van der Waals surface area contributed by atoms with Crippen LogP contribution in [0, 0.1) is 13.8 Å². The smallest absolute Gasteiger partial charge is 0.263 e. The lowest BCUT2D eigenvalue weighted by molar-refractivity contribution is 0.0647. The summed E-state index contributed by atoms with van der Waals surface area (Å²) in [5.74, 6) is 0.0738. The van der Waals surface area contributed by atoms with Gasteiger partial charge in [-0.3, -0.25) is 24.1 Å². The highest BCUT2D eigenvalue weighted by molar-refractivity contribution is 6.23. The lowest BCUT2D eigenvalue weighted by Gasteiger charge is -2.37. The van der Waals surface area contributed by atoms with Crippen LogP contribution in [0.25, 0.3) is 0 Å². The van der Waals surface area contributed by atoms with Crippen molar-refractivity contribution in [2.45, 2.75) is 33.2 Å².